The molecular formula is C19H23N5O3. The van der Waals surface area contributed by atoms with Crippen molar-refractivity contribution in [3.8, 4) is 0 Å². The van der Waals surface area contributed by atoms with Gasteiger partial charge in [0.2, 0.25) is 5.91 Å². The van der Waals surface area contributed by atoms with E-state index in [-0.39, 0.29) is 5.91 Å². The second-order valence-corrected chi connectivity index (χ2v) is 6.82. The standard InChI is InChI=1S/C19H23N5O3/c1-13-17-18(24-9-3-2-4-10-24)21-15(22-19(17)27-23-13)7-8-16(25)20-12-14-6-5-11-26-14/h5-6,11H,2-4,7-10,12H2,1H3,(H,20,25). The summed E-state index contributed by atoms with van der Waals surface area (Å²) in [6, 6.07) is 3.63. The lowest BCUT2D eigenvalue weighted by Gasteiger charge is -2.28. The Bertz CT molecular complexity index is 913. The molecule has 3 aromatic heterocycles. The lowest BCUT2D eigenvalue weighted by Crippen LogP contribution is -2.30. The van der Waals surface area contributed by atoms with Crippen LogP contribution in [0.25, 0.3) is 11.1 Å². The number of piperidine rings is 1. The molecule has 0 radical (unpaired) electrons. The maximum absolute atomic E-state index is 12.1. The van der Waals surface area contributed by atoms with Crippen LogP contribution in [0.4, 0.5) is 5.82 Å². The average molecular weight is 369 g/mol. The van der Waals surface area contributed by atoms with Crippen LogP contribution in [0.1, 0.15) is 43.0 Å². The van der Waals surface area contributed by atoms with E-state index in [0.717, 1.165) is 48.6 Å². The number of fused-ring (bicyclic) bond motifs is 1. The number of carbonyl (C=O) groups excluding carboxylic acids is 1. The van der Waals surface area contributed by atoms with Gasteiger partial charge in [-0.1, -0.05) is 5.16 Å². The second kappa shape index (κ2) is 7.77. The Morgan fingerprint density at radius 3 is 2.89 bits per heavy atom. The highest BCUT2D eigenvalue weighted by molar-refractivity contribution is 5.88. The zero-order chi connectivity index (χ0) is 18.6. The molecule has 0 saturated carbocycles. The van der Waals surface area contributed by atoms with Crippen LogP contribution in [-0.4, -0.2) is 34.1 Å². The molecule has 8 nitrogen and oxygen atoms in total. The molecular weight excluding hydrogens is 346 g/mol. The maximum Gasteiger partial charge on any atom is 0.263 e. The van der Waals surface area contributed by atoms with Crippen LogP contribution in [0.5, 0.6) is 0 Å². The molecule has 27 heavy (non-hydrogen) atoms. The minimum absolute atomic E-state index is 0.0663. The summed E-state index contributed by atoms with van der Waals surface area (Å²) in [5.41, 5.74) is 1.29. The number of nitrogens with zero attached hydrogens (tertiary/aromatic N) is 4. The predicted molar refractivity (Wildman–Crippen MR) is 99.3 cm³/mol. The van der Waals surface area contributed by atoms with Crippen LogP contribution in [0.15, 0.2) is 27.3 Å². The van der Waals surface area contributed by atoms with E-state index in [1.807, 2.05) is 13.0 Å². The molecule has 1 saturated heterocycles. The highest BCUT2D eigenvalue weighted by atomic mass is 16.5. The molecule has 1 amide bonds. The normalized spacial score (nSPS) is 14.6. The molecule has 4 heterocycles. The van der Waals surface area contributed by atoms with E-state index < -0.39 is 0 Å². The summed E-state index contributed by atoms with van der Waals surface area (Å²) < 4.78 is 10.6. The number of nitrogens with one attached hydrogen (secondary N) is 1. The molecule has 8 heteroatoms. The number of rotatable bonds is 6. The first kappa shape index (κ1) is 17.5. The zero-order valence-electron chi connectivity index (χ0n) is 15.4. The number of furan rings is 1. The summed E-state index contributed by atoms with van der Waals surface area (Å²) in [6.45, 7) is 4.23. The monoisotopic (exact) mass is 369 g/mol. The molecule has 0 bridgehead atoms. The topological polar surface area (TPSA) is 97.3 Å². The van der Waals surface area contributed by atoms with E-state index in [4.69, 9.17) is 13.9 Å². The Morgan fingerprint density at radius 1 is 1.26 bits per heavy atom. The molecule has 1 fully saturated rings. The van der Waals surface area contributed by atoms with Crippen LogP contribution in [0, 0.1) is 6.92 Å². The molecule has 4 rings (SSSR count). The number of aryl methyl sites for hydroxylation is 2. The Kier molecular flexibility index (Phi) is 5.04. The highest BCUT2D eigenvalue weighted by Gasteiger charge is 2.21. The first-order valence-electron chi connectivity index (χ1n) is 9.37. The fourth-order valence-corrected chi connectivity index (χ4v) is 3.37. The highest BCUT2D eigenvalue weighted by Crippen LogP contribution is 2.29. The van der Waals surface area contributed by atoms with Crippen molar-refractivity contribution in [3.63, 3.8) is 0 Å². The fraction of sp³-hybridized carbons (Fsp3) is 0.474. The van der Waals surface area contributed by atoms with Crippen LogP contribution in [0.3, 0.4) is 0 Å². The molecule has 0 atom stereocenters. The van der Waals surface area contributed by atoms with Gasteiger partial charge in [0.05, 0.1) is 18.5 Å². The van der Waals surface area contributed by atoms with E-state index in [0.29, 0.717) is 30.9 Å². The summed E-state index contributed by atoms with van der Waals surface area (Å²) in [6.07, 6.45) is 5.89. The smallest absolute Gasteiger partial charge is 0.263 e. The van der Waals surface area contributed by atoms with E-state index in [2.05, 4.69) is 20.4 Å². The molecule has 3 aromatic rings. The fourth-order valence-electron chi connectivity index (χ4n) is 3.37. The molecule has 0 unspecified atom stereocenters. The van der Waals surface area contributed by atoms with Crippen molar-refractivity contribution >= 4 is 22.8 Å². The molecule has 0 aliphatic carbocycles. The molecule has 1 N–H and O–H groups in total. The summed E-state index contributed by atoms with van der Waals surface area (Å²) in [5.74, 6) is 2.14. The van der Waals surface area contributed by atoms with E-state index in [1.54, 1.807) is 12.3 Å². The van der Waals surface area contributed by atoms with Gasteiger partial charge in [0.1, 0.15) is 22.8 Å². The SMILES string of the molecule is Cc1noc2nc(CCC(=O)NCc3ccco3)nc(N3CCCCC3)c12. The van der Waals surface area contributed by atoms with Gasteiger partial charge in [-0.05, 0) is 38.3 Å². The van der Waals surface area contributed by atoms with Gasteiger partial charge in [-0.3, -0.25) is 4.79 Å². The van der Waals surface area contributed by atoms with Gasteiger partial charge in [-0.2, -0.15) is 4.98 Å². The van der Waals surface area contributed by atoms with Gasteiger partial charge in [-0.25, -0.2) is 4.98 Å². The lowest BCUT2D eigenvalue weighted by atomic mass is 10.1. The van der Waals surface area contributed by atoms with Crippen LogP contribution in [-0.2, 0) is 17.8 Å². The van der Waals surface area contributed by atoms with E-state index in [1.165, 1.54) is 6.42 Å². The van der Waals surface area contributed by atoms with Crippen molar-refractivity contribution in [3.05, 3.63) is 35.7 Å². The molecule has 1 aliphatic rings. The molecule has 1 aliphatic heterocycles. The quantitative estimate of drug-likeness (QED) is 0.713. The summed E-state index contributed by atoms with van der Waals surface area (Å²) >= 11 is 0. The van der Waals surface area contributed by atoms with Crippen LogP contribution >= 0.6 is 0 Å². The van der Waals surface area contributed by atoms with Gasteiger partial charge in [0.25, 0.3) is 5.71 Å². The van der Waals surface area contributed by atoms with Crippen molar-refractivity contribution in [2.75, 3.05) is 18.0 Å². The molecule has 142 valence electrons. The number of hydrogen-bond acceptors (Lipinski definition) is 7. The number of anilines is 1. The van der Waals surface area contributed by atoms with Gasteiger partial charge in [0, 0.05) is 25.9 Å². The summed E-state index contributed by atoms with van der Waals surface area (Å²) in [4.78, 5) is 23.6. The molecule has 0 aromatic carbocycles. The minimum Gasteiger partial charge on any atom is -0.467 e. The first-order valence-corrected chi connectivity index (χ1v) is 9.37. The number of carbonyl (C=O) groups is 1. The number of aromatic nitrogens is 3. The van der Waals surface area contributed by atoms with Gasteiger partial charge >= 0.3 is 0 Å². The predicted octanol–water partition coefficient (Wildman–Crippen LogP) is 2.76. The Balaban J connectivity index is 1.47. The lowest BCUT2D eigenvalue weighted by molar-refractivity contribution is -0.121. The van der Waals surface area contributed by atoms with Crippen LogP contribution < -0.4 is 10.2 Å². The van der Waals surface area contributed by atoms with Crippen molar-refractivity contribution in [2.45, 2.75) is 45.6 Å². The Morgan fingerprint density at radius 2 is 2.11 bits per heavy atom. The summed E-state index contributed by atoms with van der Waals surface area (Å²) in [5, 5.41) is 7.77. The Labute approximate surface area is 156 Å². The zero-order valence-corrected chi connectivity index (χ0v) is 15.4. The third-order valence-corrected chi connectivity index (χ3v) is 4.81. The number of hydrogen-bond donors (Lipinski definition) is 1. The Hall–Kier alpha value is -2.90. The molecule has 0 spiro atoms. The van der Waals surface area contributed by atoms with Gasteiger partial charge in [0.15, 0.2) is 0 Å². The van der Waals surface area contributed by atoms with Crippen molar-refractivity contribution in [1.29, 1.82) is 0 Å². The second-order valence-electron chi connectivity index (χ2n) is 6.82. The van der Waals surface area contributed by atoms with Crippen molar-refractivity contribution in [1.82, 2.24) is 20.4 Å². The van der Waals surface area contributed by atoms with Gasteiger partial charge in [-0.15, -0.1) is 0 Å². The minimum atomic E-state index is -0.0663. The van der Waals surface area contributed by atoms with Crippen molar-refractivity contribution in [2.24, 2.45) is 0 Å². The number of amides is 1. The summed E-state index contributed by atoms with van der Waals surface area (Å²) in [7, 11) is 0. The third-order valence-electron chi connectivity index (χ3n) is 4.81. The first-order chi connectivity index (χ1) is 13.2. The third kappa shape index (κ3) is 3.94. The largest absolute Gasteiger partial charge is 0.467 e. The van der Waals surface area contributed by atoms with Crippen LogP contribution in [0.2, 0.25) is 0 Å². The average Bonchev–Trinajstić information content (AvgIpc) is 3.35. The van der Waals surface area contributed by atoms with E-state index in [9.17, 15) is 4.79 Å². The van der Waals surface area contributed by atoms with Crippen molar-refractivity contribution < 1.29 is 13.7 Å². The maximum atomic E-state index is 12.1. The van der Waals surface area contributed by atoms with E-state index >= 15 is 0 Å². The van der Waals surface area contributed by atoms with Gasteiger partial charge < -0.3 is 19.2 Å².